The van der Waals surface area contributed by atoms with Crippen LogP contribution in [0.3, 0.4) is 0 Å². The molecule has 1 saturated heterocycles. The Morgan fingerprint density at radius 1 is 1.65 bits per heavy atom. The number of amides is 2. The van der Waals surface area contributed by atoms with E-state index >= 15 is 0 Å². The van der Waals surface area contributed by atoms with Crippen molar-refractivity contribution in [1.29, 1.82) is 0 Å². The molecule has 0 aliphatic carbocycles. The van der Waals surface area contributed by atoms with E-state index in [0.717, 1.165) is 5.69 Å². The third-order valence-electron chi connectivity index (χ3n) is 2.33. The number of aliphatic carboxylic acids is 1. The maximum atomic E-state index is 11.8. The Bertz CT molecular complexity index is 410. The van der Waals surface area contributed by atoms with Gasteiger partial charge in [0.15, 0.2) is 0 Å². The largest absolute Gasteiger partial charge is 0.480 e. The number of nitrogens with zero attached hydrogens (tertiary/aromatic N) is 2. The minimum atomic E-state index is -0.959. The Kier molecular flexibility index (Phi) is 3.85. The lowest BCUT2D eigenvalue weighted by Crippen LogP contribution is -2.46. The van der Waals surface area contributed by atoms with Gasteiger partial charge in [-0.15, -0.1) is 23.1 Å². The standard InChI is InChI=1S/C9H11N3O3S2/c13-8(14)7-3-17-5-12(7)9(15)10-1-6-2-16-4-11-6/h2,4,7H,1,3,5H2,(H,10,15)(H,13,14)/t7-/m0/s1. The summed E-state index contributed by atoms with van der Waals surface area (Å²) < 4.78 is 0. The Balaban J connectivity index is 1.89. The number of carboxylic acid groups (broad SMARTS) is 1. The molecule has 17 heavy (non-hydrogen) atoms. The van der Waals surface area contributed by atoms with E-state index < -0.39 is 12.0 Å². The molecule has 92 valence electrons. The lowest BCUT2D eigenvalue weighted by molar-refractivity contribution is -0.140. The molecule has 1 fully saturated rings. The molecule has 1 aromatic heterocycles. The topological polar surface area (TPSA) is 82.5 Å². The molecule has 2 heterocycles. The van der Waals surface area contributed by atoms with Gasteiger partial charge >= 0.3 is 12.0 Å². The summed E-state index contributed by atoms with van der Waals surface area (Å²) in [5.41, 5.74) is 2.47. The highest BCUT2D eigenvalue weighted by Gasteiger charge is 2.34. The van der Waals surface area contributed by atoms with Crippen LogP contribution in [-0.4, -0.2) is 44.7 Å². The quantitative estimate of drug-likeness (QED) is 0.851. The summed E-state index contributed by atoms with van der Waals surface area (Å²) in [6.07, 6.45) is 0. The maximum absolute atomic E-state index is 11.8. The van der Waals surface area contributed by atoms with E-state index in [4.69, 9.17) is 5.11 Å². The minimum absolute atomic E-state index is 0.329. The van der Waals surface area contributed by atoms with Crippen LogP contribution >= 0.6 is 23.1 Å². The highest BCUT2D eigenvalue weighted by molar-refractivity contribution is 7.99. The van der Waals surface area contributed by atoms with E-state index in [0.29, 0.717) is 18.2 Å². The monoisotopic (exact) mass is 273 g/mol. The number of rotatable bonds is 3. The summed E-state index contributed by atoms with van der Waals surface area (Å²) in [7, 11) is 0. The van der Waals surface area contributed by atoms with Crippen molar-refractivity contribution in [3.8, 4) is 0 Å². The average Bonchev–Trinajstić information content (AvgIpc) is 2.96. The van der Waals surface area contributed by atoms with Crippen molar-refractivity contribution in [3.05, 3.63) is 16.6 Å². The average molecular weight is 273 g/mol. The first-order valence-corrected chi connectivity index (χ1v) is 7.00. The van der Waals surface area contributed by atoms with Crippen LogP contribution in [0.1, 0.15) is 5.69 Å². The Morgan fingerprint density at radius 3 is 3.12 bits per heavy atom. The molecule has 8 heteroatoms. The number of carbonyl (C=O) groups excluding carboxylic acids is 1. The number of aromatic nitrogens is 1. The summed E-state index contributed by atoms with van der Waals surface area (Å²) in [4.78, 5) is 28.0. The lowest BCUT2D eigenvalue weighted by Gasteiger charge is -2.20. The molecule has 1 aliphatic rings. The molecule has 0 radical (unpaired) electrons. The third-order valence-corrected chi connectivity index (χ3v) is 3.98. The van der Waals surface area contributed by atoms with Crippen LogP contribution < -0.4 is 5.32 Å². The molecular formula is C9H11N3O3S2. The van der Waals surface area contributed by atoms with Gasteiger partial charge in [0.1, 0.15) is 6.04 Å². The van der Waals surface area contributed by atoms with Gasteiger partial charge < -0.3 is 15.3 Å². The van der Waals surface area contributed by atoms with Crippen LogP contribution in [0.5, 0.6) is 0 Å². The van der Waals surface area contributed by atoms with Crippen molar-refractivity contribution >= 4 is 35.1 Å². The second-order valence-electron chi connectivity index (χ2n) is 3.46. The fraction of sp³-hybridized carbons (Fsp3) is 0.444. The minimum Gasteiger partial charge on any atom is -0.480 e. The number of thiazole rings is 1. The molecular weight excluding hydrogens is 262 g/mol. The Morgan fingerprint density at radius 2 is 2.47 bits per heavy atom. The Hall–Kier alpha value is -1.28. The van der Waals surface area contributed by atoms with Gasteiger partial charge in [-0.3, -0.25) is 0 Å². The number of carboxylic acids is 1. The predicted octanol–water partition coefficient (Wildman–Crippen LogP) is 0.812. The first-order chi connectivity index (χ1) is 8.18. The van der Waals surface area contributed by atoms with E-state index in [9.17, 15) is 9.59 Å². The zero-order valence-electron chi connectivity index (χ0n) is 8.83. The molecule has 1 atom stereocenters. The SMILES string of the molecule is O=C(O)[C@@H]1CSCN1C(=O)NCc1cscn1. The molecule has 0 bridgehead atoms. The molecule has 0 aromatic carbocycles. The van der Waals surface area contributed by atoms with Crippen LogP contribution in [0.25, 0.3) is 0 Å². The van der Waals surface area contributed by atoms with Gasteiger partial charge in [0.25, 0.3) is 0 Å². The summed E-state index contributed by atoms with van der Waals surface area (Å²) in [5.74, 6) is -0.0990. The molecule has 1 aromatic rings. The van der Waals surface area contributed by atoms with E-state index in [1.165, 1.54) is 28.0 Å². The number of thioether (sulfide) groups is 1. The van der Waals surface area contributed by atoms with Gasteiger partial charge in [0, 0.05) is 11.1 Å². The van der Waals surface area contributed by atoms with Crippen LogP contribution in [-0.2, 0) is 11.3 Å². The van der Waals surface area contributed by atoms with Gasteiger partial charge in [-0.2, -0.15) is 0 Å². The smallest absolute Gasteiger partial charge is 0.327 e. The summed E-state index contributed by atoms with van der Waals surface area (Å²) in [6.45, 7) is 0.329. The fourth-order valence-electron chi connectivity index (χ4n) is 1.44. The van der Waals surface area contributed by atoms with Gasteiger partial charge in [0.2, 0.25) is 0 Å². The first-order valence-electron chi connectivity index (χ1n) is 4.90. The molecule has 1 aliphatic heterocycles. The highest BCUT2D eigenvalue weighted by Crippen LogP contribution is 2.20. The Labute approximate surface area is 106 Å². The van der Waals surface area contributed by atoms with E-state index in [2.05, 4.69) is 10.3 Å². The maximum Gasteiger partial charge on any atom is 0.327 e. The molecule has 2 rings (SSSR count). The third kappa shape index (κ3) is 2.89. The lowest BCUT2D eigenvalue weighted by atomic mass is 10.3. The van der Waals surface area contributed by atoms with E-state index in [1.807, 2.05) is 5.38 Å². The number of carbonyl (C=O) groups is 2. The normalized spacial score (nSPS) is 19.3. The number of nitrogens with one attached hydrogen (secondary N) is 1. The fourth-order valence-corrected chi connectivity index (χ4v) is 3.14. The molecule has 0 saturated carbocycles. The zero-order valence-corrected chi connectivity index (χ0v) is 10.5. The molecule has 6 nitrogen and oxygen atoms in total. The zero-order chi connectivity index (χ0) is 12.3. The van der Waals surface area contributed by atoms with Crippen LogP contribution in [0.15, 0.2) is 10.9 Å². The van der Waals surface area contributed by atoms with E-state index in [1.54, 1.807) is 5.51 Å². The predicted molar refractivity (Wildman–Crippen MR) is 64.9 cm³/mol. The van der Waals surface area contributed by atoms with Crippen LogP contribution in [0.2, 0.25) is 0 Å². The highest BCUT2D eigenvalue weighted by atomic mass is 32.2. The van der Waals surface area contributed by atoms with Crippen molar-refractivity contribution in [3.63, 3.8) is 0 Å². The number of urea groups is 1. The van der Waals surface area contributed by atoms with Crippen molar-refractivity contribution < 1.29 is 14.7 Å². The summed E-state index contributed by atoms with van der Waals surface area (Å²) in [6, 6.07) is -1.08. The number of hydrogen-bond acceptors (Lipinski definition) is 5. The van der Waals surface area contributed by atoms with Gasteiger partial charge in [0.05, 0.1) is 23.6 Å². The van der Waals surface area contributed by atoms with Crippen LogP contribution in [0.4, 0.5) is 4.79 Å². The molecule has 2 amide bonds. The second-order valence-corrected chi connectivity index (χ2v) is 5.18. The van der Waals surface area contributed by atoms with Crippen molar-refractivity contribution in [2.24, 2.45) is 0 Å². The molecule has 2 N–H and O–H groups in total. The summed E-state index contributed by atoms with van der Waals surface area (Å²) in [5, 5.41) is 13.4. The van der Waals surface area contributed by atoms with Gasteiger partial charge in [-0.25, -0.2) is 14.6 Å². The van der Waals surface area contributed by atoms with Gasteiger partial charge in [-0.05, 0) is 0 Å². The van der Waals surface area contributed by atoms with Crippen molar-refractivity contribution in [2.75, 3.05) is 11.6 Å². The van der Waals surface area contributed by atoms with Gasteiger partial charge in [-0.1, -0.05) is 0 Å². The molecule has 0 spiro atoms. The summed E-state index contributed by atoms with van der Waals surface area (Å²) >= 11 is 2.90. The van der Waals surface area contributed by atoms with Crippen molar-refractivity contribution in [2.45, 2.75) is 12.6 Å². The van der Waals surface area contributed by atoms with Crippen molar-refractivity contribution in [1.82, 2.24) is 15.2 Å². The molecule has 0 unspecified atom stereocenters. The number of hydrogen-bond donors (Lipinski definition) is 2. The van der Waals surface area contributed by atoms with Crippen LogP contribution in [0, 0.1) is 0 Å². The second kappa shape index (κ2) is 5.37. The first kappa shape index (κ1) is 12.2. The van der Waals surface area contributed by atoms with E-state index in [-0.39, 0.29) is 6.03 Å².